The Morgan fingerprint density at radius 2 is 1.44 bits per heavy atom. The first-order valence-electron chi connectivity index (χ1n) is 8.47. The van der Waals surface area contributed by atoms with Crippen LogP contribution in [-0.4, -0.2) is 18.5 Å². The first kappa shape index (κ1) is 16.8. The van der Waals surface area contributed by atoms with Gasteiger partial charge in [-0.1, -0.05) is 60.7 Å². The molecule has 0 unspecified atom stereocenters. The molecule has 0 aromatic heterocycles. The molecule has 5 heteroatoms. The van der Waals surface area contributed by atoms with Crippen molar-refractivity contribution in [2.75, 3.05) is 6.79 Å². The van der Waals surface area contributed by atoms with Gasteiger partial charge in [0, 0.05) is 11.1 Å². The molecule has 0 fully saturated rings. The Kier molecular flexibility index (Phi) is 4.58. The summed E-state index contributed by atoms with van der Waals surface area (Å²) >= 11 is 0. The van der Waals surface area contributed by atoms with E-state index in [-0.39, 0.29) is 12.6 Å². The lowest BCUT2D eigenvalue weighted by Crippen LogP contribution is -2.20. The lowest BCUT2D eigenvalue weighted by molar-refractivity contribution is 0.0280. The summed E-state index contributed by atoms with van der Waals surface area (Å²) in [5.41, 5.74) is 1.38. The van der Waals surface area contributed by atoms with Gasteiger partial charge in [0.15, 0.2) is 17.6 Å². The van der Waals surface area contributed by atoms with Gasteiger partial charge in [-0.15, -0.1) is 0 Å². The molecular weight excluding hydrogens is 344 g/mol. The number of Topliss-reactive ketones (excluding diaryl/α,β-unsaturated/α-hetero) is 1. The minimum absolute atomic E-state index is 0.118. The largest absolute Gasteiger partial charge is 0.454 e. The van der Waals surface area contributed by atoms with Crippen LogP contribution in [0.3, 0.4) is 0 Å². The number of ether oxygens (including phenoxy) is 3. The zero-order valence-electron chi connectivity index (χ0n) is 14.3. The molecule has 5 nitrogen and oxygen atoms in total. The molecule has 4 rings (SSSR count). The van der Waals surface area contributed by atoms with Crippen molar-refractivity contribution in [3.63, 3.8) is 0 Å². The number of esters is 1. The summed E-state index contributed by atoms with van der Waals surface area (Å²) in [5.74, 6) is 0.170. The van der Waals surface area contributed by atoms with Gasteiger partial charge in [0.25, 0.3) is 0 Å². The van der Waals surface area contributed by atoms with Crippen molar-refractivity contribution >= 4 is 11.8 Å². The highest BCUT2D eigenvalue weighted by Gasteiger charge is 2.27. The van der Waals surface area contributed by atoms with E-state index >= 15 is 0 Å². The number of rotatable bonds is 5. The van der Waals surface area contributed by atoms with Crippen LogP contribution >= 0.6 is 0 Å². The average Bonchev–Trinajstić information content (AvgIpc) is 3.20. The first-order chi connectivity index (χ1) is 13.2. The van der Waals surface area contributed by atoms with Crippen LogP contribution in [0.15, 0.2) is 78.9 Å². The van der Waals surface area contributed by atoms with Crippen molar-refractivity contribution in [3.05, 3.63) is 95.6 Å². The maximum absolute atomic E-state index is 13.0. The lowest BCUT2D eigenvalue weighted by Gasteiger charge is -2.17. The molecule has 0 spiro atoms. The van der Waals surface area contributed by atoms with Crippen LogP contribution in [0, 0.1) is 0 Å². The van der Waals surface area contributed by atoms with Gasteiger partial charge in [-0.05, 0) is 18.2 Å². The third-order valence-corrected chi connectivity index (χ3v) is 4.23. The molecule has 3 aromatic rings. The average molecular weight is 360 g/mol. The Labute approximate surface area is 156 Å². The zero-order chi connectivity index (χ0) is 18.6. The highest BCUT2D eigenvalue weighted by molar-refractivity contribution is 6.02. The van der Waals surface area contributed by atoms with Crippen LogP contribution in [0.5, 0.6) is 11.5 Å². The monoisotopic (exact) mass is 360 g/mol. The van der Waals surface area contributed by atoms with Crippen LogP contribution < -0.4 is 9.47 Å². The predicted molar refractivity (Wildman–Crippen MR) is 97.9 cm³/mol. The summed E-state index contributed by atoms with van der Waals surface area (Å²) < 4.78 is 16.2. The van der Waals surface area contributed by atoms with Gasteiger partial charge in [-0.2, -0.15) is 0 Å². The molecule has 0 saturated heterocycles. The van der Waals surface area contributed by atoms with Gasteiger partial charge in [-0.25, -0.2) is 4.79 Å². The second-order valence-electron chi connectivity index (χ2n) is 5.99. The van der Waals surface area contributed by atoms with E-state index in [4.69, 9.17) is 14.2 Å². The first-order valence-corrected chi connectivity index (χ1v) is 8.47. The normalized spacial score (nSPS) is 13.0. The van der Waals surface area contributed by atoms with Crippen LogP contribution in [0.1, 0.15) is 32.4 Å². The topological polar surface area (TPSA) is 61.8 Å². The summed E-state index contributed by atoms with van der Waals surface area (Å²) in [6.45, 7) is 0.118. The molecule has 0 radical (unpaired) electrons. The van der Waals surface area contributed by atoms with E-state index in [0.29, 0.717) is 28.2 Å². The fourth-order valence-corrected chi connectivity index (χ4v) is 2.85. The molecular formula is C22H16O5. The second kappa shape index (κ2) is 7.33. The van der Waals surface area contributed by atoms with E-state index in [0.717, 1.165) is 0 Å². The van der Waals surface area contributed by atoms with Crippen LogP contribution in [0.2, 0.25) is 0 Å². The van der Waals surface area contributed by atoms with Gasteiger partial charge in [0.2, 0.25) is 12.6 Å². The number of fused-ring (bicyclic) bond motifs is 1. The SMILES string of the molecule is O=C(O[C@H](C(=O)c1ccccc1)c1ccccc1)c1ccc2c(c1)OCO2. The Balaban J connectivity index is 1.63. The molecule has 27 heavy (non-hydrogen) atoms. The highest BCUT2D eigenvalue weighted by atomic mass is 16.7. The van der Waals surface area contributed by atoms with Crippen LogP contribution in [0.4, 0.5) is 0 Å². The van der Waals surface area contributed by atoms with E-state index in [9.17, 15) is 9.59 Å². The fraction of sp³-hybridized carbons (Fsp3) is 0.0909. The Hall–Kier alpha value is -3.60. The zero-order valence-corrected chi connectivity index (χ0v) is 14.3. The summed E-state index contributed by atoms with van der Waals surface area (Å²) in [5, 5.41) is 0. The van der Waals surface area contributed by atoms with Crippen molar-refractivity contribution in [1.82, 2.24) is 0 Å². The van der Waals surface area contributed by atoms with Crippen LogP contribution in [-0.2, 0) is 4.74 Å². The van der Waals surface area contributed by atoms with Crippen molar-refractivity contribution in [2.45, 2.75) is 6.10 Å². The van der Waals surface area contributed by atoms with Gasteiger partial charge in [0.1, 0.15) is 0 Å². The standard InChI is InChI=1S/C22H16O5/c23-20(15-7-3-1-4-8-15)21(16-9-5-2-6-10-16)27-22(24)17-11-12-18-19(13-17)26-14-25-18/h1-13,21H,14H2/t21-/m0/s1. The molecule has 0 saturated carbocycles. The molecule has 0 amide bonds. The molecule has 0 N–H and O–H groups in total. The van der Waals surface area contributed by atoms with E-state index < -0.39 is 12.1 Å². The minimum Gasteiger partial charge on any atom is -0.454 e. The molecule has 1 aliphatic heterocycles. The Bertz CT molecular complexity index is 967. The summed E-state index contributed by atoms with van der Waals surface area (Å²) in [6.07, 6.45) is -1.04. The van der Waals surface area contributed by atoms with Gasteiger partial charge >= 0.3 is 5.97 Å². The van der Waals surface area contributed by atoms with Gasteiger partial charge < -0.3 is 14.2 Å². The van der Waals surface area contributed by atoms with Crippen molar-refractivity contribution in [2.24, 2.45) is 0 Å². The number of hydrogen-bond acceptors (Lipinski definition) is 5. The van der Waals surface area contributed by atoms with Crippen molar-refractivity contribution < 1.29 is 23.8 Å². The van der Waals surface area contributed by atoms with E-state index in [1.807, 2.05) is 12.1 Å². The molecule has 1 atom stereocenters. The molecule has 3 aromatic carbocycles. The number of carbonyl (C=O) groups is 2. The predicted octanol–water partition coefficient (Wildman–Crippen LogP) is 4.20. The van der Waals surface area contributed by atoms with Gasteiger partial charge in [-0.3, -0.25) is 4.79 Å². The maximum Gasteiger partial charge on any atom is 0.339 e. The fourth-order valence-electron chi connectivity index (χ4n) is 2.85. The number of carbonyl (C=O) groups excluding carboxylic acids is 2. The molecule has 134 valence electrons. The molecule has 0 aliphatic carbocycles. The number of benzene rings is 3. The number of ketones is 1. The lowest BCUT2D eigenvalue weighted by atomic mass is 10.00. The summed E-state index contributed by atoms with van der Waals surface area (Å²) in [6, 6.07) is 22.5. The maximum atomic E-state index is 13.0. The third kappa shape index (κ3) is 3.53. The highest BCUT2D eigenvalue weighted by Crippen LogP contribution is 2.33. The smallest absolute Gasteiger partial charge is 0.339 e. The Morgan fingerprint density at radius 3 is 2.19 bits per heavy atom. The summed E-state index contributed by atoms with van der Waals surface area (Å²) in [4.78, 5) is 25.7. The second-order valence-corrected chi connectivity index (χ2v) is 5.99. The molecule has 1 aliphatic rings. The molecule has 0 bridgehead atoms. The quantitative estimate of drug-likeness (QED) is 0.504. The third-order valence-electron chi connectivity index (χ3n) is 4.23. The molecule has 1 heterocycles. The summed E-state index contributed by atoms with van der Waals surface area (Å²) in [7, 11) is 0. The number of hydrogen-bond donors (Lipinski definition) is 0. The van der Waals surface area contributed by atoms with E-state index in [1.165, 1.54) is 0 Å². The van der Waals surface area contributed by atoms with Crippen molar-refractivity contribution in [3.8, 4) is 11.5 Å². The van der Waals surface area contributed by atoms with E-state index in [2.05, 4.69) is 0 Å². The minimum atomic E-state index is -1.04. The van der Waals surface area contributed by atoms with Crippen molar-refractivity contribution in [1.29, 1.82) is 0 Å². The Morgan fingerprint density at radius 1 is 0.778 bits per heavy atom. The van der Waals surface area contributed by atoms with Crippen LogP contribution in [0.25, 0.3) is 0 Å². The van der Waals surface area contributed by atoms with E-state index in [1.54, 1.807) is 66.7 Å². The van der Waals surface area contributed by atoms with Gasteiger partial charge in [0.05, 0.1) is 5.56 Å².